The smallest absolute Gasteiger partial charge is 0.0367 e. The molecule has 0 aromatic heterocycles. The van der Waals surface area contributed by atoms with Gasteiger partial charge in [-0.25, -0.2) is 0 Å². The molecule has 1 aliphatic heterocycles. The number of benzene rings is 1. The fourth-order valence-corrected chi connectivity index (χ4v) is 2.23. The van der Waals surface area contributed by atoms with E-state index in [0.717, 1.165) is 32.7 Å². The average molecular weight is 234 g/mol. The summed E-state index contributed by atoms with van der Waals surface area (Å²) < 4.78 is 0. The molecule has 0 amide bonds. The topological polar surface area (TPSA) is 58.5 Å². The van der Waals surface area contributed by atoms with Crippen LogP contribution >= 0.6 is 0 Å². The SMILES string of the molecule is NCC(N)CN1CCN(c2ccccc2)CC1. The zero-order chi connectivity index (χ0) is 12.1. The lowest BCUT2D eigenvalue weighted by atomic mass is 10.2. The maximum Gasteiger partial charge on any atom is 0.0367 e. The minimum Gasteiger partial charge on any atom is -0.369 e. The highest BCUT2D eigenvalue weighted by Crippen LogP contribution is 2.15. The number of hydrogen-bond acceptors (Lipinski definition) is 4. The Hall–Kier alpha value is -1.10. The monoisotopic (exact) mass is 234 g/mol. The molecule has 1 fully saturated rings. The average Bonchev–Trinajstić information content (AvgIpc) is 2.40. The first kappa shape index (κ1) is 12.4. The van der Waals surface area contributed by atoms with Gasteiger partial charge in [-0.3, -0.25) is 4.90 Å². The molecule has 1 aliphatic rings. The Labute approximate surface area is 103 Å². The summed E-state index contributed by atoms with van der Waals surface area (Å²) in [7, 11) is 0. The van der Waals surface area contributed by atoms with Gasteiger partial charge in [0.1, 0.15) is 0 Å². The van der Waals surface area contributed by atoms with E-state index in [2.05, 4.69) is 40.1 Å². The Kier molecular flexibility index (Phi) is 4.36. The van der Waals surface area contributed by atoms with Gasteiger partial charge in [0.05, 0.1) is 0 Å². The number of rotatable bonds is 4. The summed E-state index contributed by atoms with van der Waals surface area (Å²) in [6.07, 6.45) is 0. The van der Waals surface area contributed by atoms with Crippen molar-refractivity contribution in [1.82, 2.24) is 4.90 Å². The Morgan fingerprint density at radius 1 is 1.06 bits per heavy atom. The minimum atomic E-state index is 0.110. The van der Waals surface area contributed by atoms with Gasteiger partial charge in [0.25, 0.3) is 0 Å². The molecule has 4 nitrogen and oxygen atoms in total. The van der Waals surface area contributed by atoms with Crippen molar-refractivity contribution in [3.63, 3.8) is 0 Å². The van der Waals surface area contributed by atoms with Crippen LogP contribution in [0, 0.1) is 0 Å². The lowest BCUT2D eigenvalue weighted by Crippen LogP contribution is -2.51. The highest BCUT2D eigenvalue weighted by Gasteiger charge is 2.18. The van der Waals surface area contributed by atoms with Gasteiger partial charge in [0.2, 0.25) is 0 Å². The van der Waals surface area contributed by atoms with Crippen molar-refractivity contribution in [2.24, 2.45) is 11.5 Å². The predicted molar refractivity (Wildman–Crippen MR) is 72.1 cm³/mol. The molecule has 0 aliphatic carbocycles. The Morgan fingerprint density at radius 2 is 1.71 bits per heavy atom. The standard InChI is InChI=1S/C13H22N4/c14-10-12(15)11-16-6-8-17(9-7-16)13-4-2-1-3-5-13/h1-5,12H,6-11,14-15H2. The quantitative estimate of drug-likeness (QED) is 0.775. The van der Waals surface area contributed by atoms with E-state index in [1.54, 1.807) is 0 Å². The van der Waals surface area contributed by atoms with Crippen LogP contribution in [0.4, 0.5) is 5.69 Å². The number of para-hydroxylation sites is 1. The molecule has 4 N–H and O–H groups in total. The first-order chi connectivity index (χ1) is 8.29. The van der Waals surface area contributed by atoms with Gasteiger partial charge < -0.3 is 16.4 Å². The predicted octanol–water partition coefficient (Wildman–Crippen LogP) is 0.0946. The zero-order valence-corrected chi connectivity index (χ0v) is 10.3. The van der Waals surface area contributed by atoms with Crippen LogP contribution in [-0.2, 0) is 0 Å². The first-order valence-electron chi connectivity index (χ1n) is 6.27. The summed E-state index contributed by atoms with van der Waals surface area (Å²) in [6.45, 7) is 5.77. The molecule has 4 heteroatoms. The molecule has 1 saturated heterocycles. The molecular formula is C13H22N4. The molecule has 0 spiro atoms. The van der Waals surface area contributed by atoms with Gasteiger partial charge >= 0.3 is 0 Å². The zero-order valence-electron chi connectivity index (χ0n) is 10.3. The molecule has 17 heavy (non-hydrogen) atoms. The van der Waals surface area contributed by atoms with Crippen LogP contribution < -0.4 is 16.4 Å². The largest absolute Gasteiger partial charge is 0.369 e. The Bertz CT molecular complexity index is 319. The van der Waals surface area contributed by atoms with Crippen LogP contribution in [0.15, 0.2) is 30.3 Å². The lowest BCUT2D eigenvalue weighted by Gasteiger charge is -2.37. The normalized spacial score (nSPS) is 19.3. The summed E-state index contributed by atoms with van der Waals surface area (Å²) in [6, 6.07) is 10.7. The summed E-state index contributed by atoms with van der Waals surface area (Å²) >= 11 is 0. The highest BCUT2D eigenvalue weighted by atomic mass is 15.3. The molecule has 1 aromatic carbocycles. The van der Waals surface area contributed by atoms with Crippen molar-refractivity contribution >= 4 is 5.69 Å². The fourth-order valence-electron chi connectivity index (χ4n) is 2.23. The number of hydrogen-bond donors (Lipinski definition) is 2. The van der Waals surface area contributed by atoms with Gasteiger partial charge in [-0.2, -0.15) is 0 Å². The van der Waals surface area contributed by atoms with Crippen molar-refractivity contribution < 1.29 is 0 Å². The molecule has 1 aromatic rings. The second-order valence-corrected chi connectivity index (χ2v) is 4.62. The van der Waals surface area contributed by atoms with Gasteiger partial charge in [-0.1, -0.05) is 18.2 Å². The molecule has 0 bridgehead atoms. The number of nitrogens with zero attached hydrogens (tertiary/aromatic N) is 2. The third-order valence-corrected chi connectivity index (χ3v) is 3.29. The van der Waals surface area contributed by atoms with Crippen LogP contribution in [-0.4, -0.2) is 50.2 Å². The number of piperazine rings is 1. The van der Waals surface area contributed by atoms with Crippen LogP contribution in [0.25, 0.3) is 0 Å². The van der Waals surface area contributed by atoms with Gasteiger partial charge in [0, 0.05) is 51.0 Å². The maximum atomic E-state index is 5.87. The molecule has 1 atom stereocenters. The van der Waals surface area contributed by atoms with E-state index in [4.69, 9.17) is 11.5 Å². The van der Waals surface area contributed by atoms with E-state index in [1.807, 2.05) is 0 Å². The molecule has 94 valence electrons. The van der Waals surface area contributed by atoms with E-state index in [0.29, 0.717) is 6.54 Å². The Balaban J connectivity index is 1.82. The van der Waals surface area contributed by atoms with Crippen LogP contribution in [0.1, 0.15) is 0 Å². The number of anilines is 1. The molecule has 2 rings (SSSR count). The van der Waals surface area contributed by atoms with Crippen LogP contribution in [0.2, 0.25) is 0 Å². The Morgan fingerprint density at radius 3 is 2.29 bits per heavy atom. The first-order valence-corrected chi connectivity index (χ1v) is 6.27. The van der Waals surface area contributed by atoms with Gasteiger partial charge in [0.15, 0.2) is 0 Å². The lowest BCUT2D eigenvalue weighted by molar-refractivity contribution is 0.244. The molecule has 0 saturated carbocycles. The van der Waals surface area contributed by atoms with Gasteiger partial charge in [-0.05, 0) is 12.1 Å². The summed E-state index contributed by atoms with van der Waals surface area (Å²) in [5.74, 6) is 0. The second-order valence-electron chi connectivity index (χ2n) is 4.62. The molecule has 1 unspecified atom stereocenters. The third kappa shape index (κ3) is 3.43. The van der Waals surface area contributed by atoms with Gasteiger partial charge in [-0.15, -0.1) is 0 Å². The van der Waals surface area contributed by atoms with E-state index >= 15 is 0 Å². The van der Waals surface area contributed by atoms with E-state index < -0.39 is 0 Å². The third-order valence-electron chi connectivity index (χ3n) is 3.29. The van der Waals surface area contributed by atoms with Crippen LogP contribution in [0.5, 0.6) is 0 Å². The second kappa shape index (κ2) is 6.00. The van der Waals surface area contributed by atoms with Crippen molar-refractivity contribution in [1.29, 1.82) is 0 Å². The van der Waals surface area contributed by atoms with E-state index in [9.17, 15) is 0 Å². The summed E-state index contributed by atoms with van der Waals surface area (Å²) in [5, 5.41) is 0. The molecule has 1 heterocycles. The maximum absolute atomic E-state index is 5.87. The van der Waals surface area contributed by atoms with Crippen molar-refractivity contribution in [2.45, 2.75) is 6.04 Å². The summed E-state index contributed by atoms with van der Waals surface area (Å²) in [4.78, 5) is 4.82. The van der Waals surface area contributed by atoms with Crippen molar-refractivity contribution in [3.05, 3.63) is 30.3 Å². The number of nitrogens with two attached hydrogens (primary N) is 2. The van der Waals surface area contributed by atoms with E-state index in [1.165, 1.54) is 5.69 Å². The molecule has 0 radical (unpaired) electrons. The highest BCUT2D eigenvalue weighted by molar-refractivity contribution is 5.46. The summed E-state index contributed by atoms with van der Waals surface area (Å²) in [5.41, 5.74) is 12.7. The molecular weight excluding hydrogens is 212 g/mol. The van der Waals surface area contributed by atoms with E-state index in [-0.39, 0.29) is 6.04 Å². The van der Waals surface area contributed by atoms with Crippen molar-refractivity contribution in [2.75, 3.05) is 44.2 Å². The van der Waals surface area contributed by atoms with Crippen molar-refractivity contribution in [3.8, 4) is 0 Å². The van der Waals surface area contributed by atoms with Crippen LogP contribution in [0.3, 0.4) is 0 Å². The minimum absolute atomic E-state index is 0.110. The fraction of sp³-hybridized carbons (Fsp3) is 0.538.